The smallest absolute Gasteiger partial charge is 0.115 e. The van der Waals surface area contributed by atoms with Crippen molar-refractivity contribution in [3.05, 3.63) is 29.8 Å². The van der Waals surface area contributed by atoms with Crippen LogP contribution in [0.4, 0.5) is 0 Å². The Kier molecular flexibility index (Phi) is 6.11. The van der Waals surface area contributed by atoms with Crippen molar-refractivity contribution in [1.29, 1.82) is 0 Å². The van der Waals surface area contributed by atoms with Crippen LogP contribution >= 0.6 is 0 Å². The van der Waals surface area contributed by atoms with E-state index in [1.54, 1.807) is 6.07 Å². The maximum atomic E-state index is 9.95. The van der Waals surface area contributed by atoms with Gasteiger partial charge in [0.05, 0.1) is 0 Å². The molecule has 3 rings (SSSR count). The molecule has 2 saturated heterocycles. The molecule has 5 nitrogen and oxygen atoms in total. The third-order valence-electron chi connectivity index (χ3n) is 5.55. The summed E-state index contributed by atoms with van der Waals surface area (Å²) in [6.07, 6.45) is 0. The van der Waals surface area contributed by atoms with E-state index in [0.717, 1.165) is 45.8 Å². The Hall–Kier alpha value is -1.14. The predicted molar refractivity (Wildman–Crippen MR) is 98.4 cm³/mol. The lowest BCUT2D eigenvalue weighted by Crippen LogP contribution is -2.54. The van der Waals surface area contributed by atoms with Crippen LogP contribution in [0, 0.1) is 0 Å². The van der Waals surface area contributed by atoms with Gasteiger partial charge >= 0.3 is 0 Å². The Morgan fingerprint density at radius 3 is 2.58 bits per heavy atom. The van der Waals surface area contributed by atoms with Gasteiger partial charge in [0.2, 0.25) is 0 Å². The molecule has 2 N–H and O–H groups in total. The maximum absolute atomic E-state index is 9.95. The number of likely N-dealkylation sites (N-methyl/N-ethyl adjacent to an activating group) is 1. The van der Waals surface area contributed by atoms with E-state index in [-0.39, 0.29) is 0 Å². The zero-order chi connectivity index (χ0) is 16.9. The average Bonchev–Trinajstić information content (AvgIpc) is 2.61. The van der Waals surface area contributed by atoms with Gasteiger partial charge in [-0.1, -0.05) is 19.1 Å². The van der Waals surface area contributed by atoms with Crippen LogP contribution in [0.5, 0.6) is 5.75 Å². The fraction of sp³-hybridized carbons (Fsp3) is 0.684. The van der Waals surface area contributed by atoms with Crippen molar-refractivity contribution < 1.29 is 5.11 Å². The number of phenolic OH excluding ortho intramolecular Hbond substituents is 1. The van der Waals surface area contributed by atoms with Gasteiger partial charge in [-0.3, -0.25) is 9.80 Å². The van der Waals surface area contributed by atoms with Crippen LogP contribution in [0.1, 0.15) is 25.5 Å². The van der Waals surface area contributed by atoms with Gasteiger partial charge in [0, 0.05) is 64.4 Å². The quantitative estimate of drug-likeness (QED) is 0.852. The first-order chi connectivity index (χ1) is 11.7. The molecule has 2 atom stereocenters. The van der Waals surface area contributed by atoms with Gasteiger partial charge < -0.3 is 15.3 Å². The lowest BCUT2D eigenvalue weighted by Gasteiger charge is -2.43. The average molecular weight is 332 g/mol. The summed E-state index contributed by atoms with van der Waals surface area (Å²) in [4.78, 5) is 7.72. The minimum atomic E-state index is 0.349. The molecular formula is C19H32N4O. The Labute approximate surface area is 146 Å². The molecule has 2 unspecified atom stereocenters. The molecule has 2 aliphatic rings. The van der Waals surface area contributed by atoms with Crippen molar-refractivity contribution >= 4 is 0 Å². The molecule has 1 aromatic carbocycles. The summed E-state index contributed by atoms with van der Waals surface area (Å²) in [5.41, 5.74) is 1.24. The summed E-state index contributed by atoms with van der Waals surface area (Å²) in [6, 6.07) is 8.72. The largest absolute Gasteiger partial charge is 0.508 e. The van der Waals surface area contributed by atoms with E-state index in [1.807, 2.05) is 12.1 Å². The van der Waals surface area contributed by atoms with Gasteiger partial charge in [0.15, 0.2) is 0 Å². The Bertz CT molecular complexity index is 516. The Morgan fingerprint density at radius 1 is 1.17 bits per heavy atom. The molecule has 2 fully saturated rings. The summed E-state index contributed by atoms with van der Waals surface area (Å²) in [5.74, 6) is 0.371. The van der Waals surface area contributed by atoms with Gasteiger partial charge in [-0.2, -0.15) is 0 Å². The van der Waals surface area contributed by atoms with Crippen molar-refractivity contribution in [2.75, 3.05) is 58.9 Å². The number of nitrogens with one attached hydrogen (secondary N) is 1. The van der Waals surface area contributed by atoms with E-state index in [9.17, 15) is 5.11 Å². The molecule has 134 valence electrons. The number of rotatable bonds is 5. The Balaban J connectivity index is 1.74. The zero-order valence-electron chi connectivity index (χ0n) is 15.1. The van der Waals surface area contributed by atoms with E-state index in [4.69, 9.17) is 0 Å². The Morgan fingerprint density at radius 2 is 1.92 bits per heavy atom. The van der Waals surface area contributed by atoms with Crippen LogP contribution < -0.4 is 5.32 Å². The summed E-state index contributed by atoms with van der Waals surface area (Å²) >= 11 is 0. The van der Waals surface area contributed by atoms with Gasteiger partial charge in [-0.25, -0.2) is 0 Å². The highest BCUT2D eigenvalue weighted by Gasteiger charge is 2.29. The molecule has 2 aliphatic heterocycles. The monoisotopic (exact) mass is 332 g/mol. The molecule has 0 aromatic heterocycles. The van der Waals surface area contributed by atoms with Crippen LogP contribution in [0.3, 0.4) is 0 Å². The fourth-order valence-corrected chi connectivity index (χ4v) is 3.99. The minimum absolute atomic E-state index is 0.349. The van der Waals surface area contributed by atoms with E-state index in [0.29, 0.717) is 17.8 Å². The molecule has 0 bridgehead atoms. The summed E-state index contributed by atoms with van der Waals surface area (Å²) in [6.45, 7) is 14.5. The number of piperazine rings is 2. The fourth-order valence-electron chi connectivity index (χ4n) is 3.99. The summed E-state index contributed by atoms with van der Waals surface area (Å²) in [7, 11) is 0. The molecule has 0 radical (unpaired) electrons. The van der Waals surface area contributed by atoms with E-state index in [1.165, 1.54) is 18.7 Å². The van der Waals surface area contributed by atoms with Crippen LogP contribution in [-0.4, -0.2) is 84.8 Å². The minimum Gasteiger partial charge on any atom is -0.508 e. The second-order valence-electron chi connectivity index (χ2n) is 7.14. The maximum Gasteiger partial charge on any atom is 0.115 e. The van der Waals surface area contributed by atoms with Crippen molar-refractivity contribution in [3.63, 3.8) is 0 Å². The third kappa shape index (κ3) is 4.28. The molecule has 0 amide bonds. The van der Waals surface area contributed by atoms with Crippen LogP contribution in [0.15, 0.2) is 24.3 Å². The number of nitrogens with zero attached hydrogens (tertiary/aromatic N) is 3. The van der Waals surface area contributed by atoms with E-state index in [2.05, 4.69) is 39.9 Å². The molecule has 1 aromatic rings. The van der Waals surface area contributed by atoms with Gasteiger partial charge in [-0.05, 0) is 31.2 Å². The van der Waals surface area contributed by atoms with E-state index >= 15 is 0 Å². The van der Waals surface area contributed by atoms with Crippen LogP contribution in [-0.2, 0) is 0 Å². The SMILES string of the molecule is CCN1CCN(CC(c2cccc(O)c2)N2CCNCC2C)CC1. The first-order valence-corrected chi connectivity index (χ1v) is 9.37. The van der Waals surface area contributed by atoms with Gasteiger partial charge in [0.1, 0.15) is 5.75 Å². The number of hydrogen-bond donors (Lipinski definition) is 2. The van der Waals surface area contributed by atoms with Crippen LogP contribution in [0.2, 0.25) is 0 Å². The normalized spacial score (nSPS) is 25.7. The lowest BCUT2D eigenvalue weighted by molar-refractivity contribution is 0.0623. The number of phenols is 1. The highest BCUT2D eigenvalue weighted by atomic mass is 16.3. The third-order valence-corrected chi connectivity index (χ3v) is 5.55. The first-order valence-electron chi connectivity index (χ1n) is 9.37. The number of aromatic hydroxyl groups is 1. The first kappa shape index (κ1) is 17.7. The second kappa shape index (κ2) is 8.30. The van der Waals surface area contributed by atoms with Gasteiger partial charge in [-0.15, -0.1) is 0 Å². The number of benzene rings is 1. The van der Waals surface area contributed by atoms with Crippen LogP contribution in [0.25, 0.3) is 0 Å². The standard InChI is InChI=1S/C19H32N4O/c1-3-21-9-11-22(12-10-21)15-19(17-5-4-6-18(24)13-17)23-8-7-20-14-16(23)2/h4-6,13,16,19-20,24H,3,7-12,14-15H2,1-2H3. The molecule has 24 heavy (non-hydrogen) atoms. The molecule has 0 spiro atoms. The molecule has 0 saturated carbocycles. The molecular weight excluding hydrogens is 300 g/mol. The topological polar surface area (TPSA) is 42.0 Å². The molecule has 2 heterocycles. The summed E-state index contributed by atoms with van der Waals surface area (Å²) < 4.78 is 0. The van der Waals surface area contributed by atoms with Crippen molar-refractivity contribution in [2.24, 2.45) is 0 Å². The lowest BCUT2D eigenvalue weighted by atomic mass is 10.0. The van der Waals surface area contributed by atoms with E-state index < -0.39 is 0 Å². The highest BCUT2D eigenvalue weighted by Crippen LogP contribution is 2.27. The predicted octanol–water partition coefficient (Wildman–Crippen LogP) is 1.36. The number of hydrogen-bond acceptors (Lipinski definition) is 5. The van der Waals surface area contributed by atoms with Crippen molar-refractivity contribution in [1.82, 2.24) is 20.0 Å². The molecule has 0 aliphatic carbocycles. The zero-order valence-corrected chi connectivity index (χ0v) is 15.1. The van der Waals surface area contributed by atoms with Crippen molar-refractivity contribution in [3.8, 4) is 5.75 Å². The second-order valence-corrected chi connectivity index (χ2v) is 7.14. The van der Waals surface area contributed by atoms with Gasteiger partial charge in [0.25, 0.3) is 0 Å². The van der Waals surface area contributed by atoms with Crippen molar-refractivity contribution in [2.45, 2.75) is 25.9 Å². The summed E-state index contributed by atoms with van der Waals surface area (Å²) in [5, 5.41) is 13.4. The molecule has 5 heteroatoms. The highest BCUT2D eigenvalue weighted by molar-refractivity contribution is 5.30.